The summed E-state index contributed by atoms with van der Waals surface area (Å²) in [4.78, 5) is 32.1. The Morgan fingerprint density at radius 1 is 1.26 bits per heavy atom. The summed E-state index contributed by atoms with van der Waals surface area (Å²) in [5, 5.41) is 10.3. The van der Waals surface area contributed by atoms with E-state index >= 15 is 0 Å². The quantitative estimate of drug-likeness (QED) is 0.599. The first-order valence-corrected chi connectivity index (χ1v) is 11.1. The predicted molar refractivity (Wildman–Crippen MR) is 114 cm³/mol. The molecule has 0 saturated carbocycles. The Labute approximate surface area is 196 Å². The second-order valence-corrected chi connectivity index (χ2v) is 8.82. The average Bonchev–Trinajstić information content (AvgIpc) is 3.53. The van der Waals surface area contributed by atoms with Crippen LogP contribution < -0.4 is 0 Å². The van der Waals surface area contributed by atoms with Crippen molar-refractivity contribution in [1.29, 1.82) is 0 Å². The molecule has 0 radical (unpaired) electrons. The van der Waals surface area contributed by atoms with Crippen molar-refractivity contribution in [3.8, 4) is 11.1 Å². The van der Waals surface area contributed by atoms with Crippen molar-refractivity contribution in [2.45, 2.75) is 37.6 Å². The lowest BCUT2D eigenvalue weighted by molar-refractivity contribution is -0.136. The summed E-state index contributed by atoms with van der Waals surface area (Å²) in [6.07, 6.45) is -0.212. The number of hydrogen-bond donors (Lipinski definition) is 1. The van der Waals surface area contributed by atoms with E-state index in [0.717, 1.165) is 16.9 Å². The number of hydrogen-bond acceptors (Lipinski definition) is 5. The van der Waals surface area contributed by atoms with E-state index in [1.54, 1.807) is 4.90 Å². The summed E-state index contributed by atoms with van der Waals surface area (Å²) >= 11 is 6.36. The Morgan fingerprint density at radius 2 is 2.06 bits per heavy atom. The van der Waals surface area contributed by atoms with Crippen LogP contribution in [-0.4, -0.2) is 67.9 Å². The van der Waals surface area contributed by atoms with Gasteiger partial charge in [-0.3, -0.25) is 14.0 Å². The number of likely N-dealkylation sites (tertiary alicyclic amines) is 2. The van der Waals surface area contributed by atoms with Crippen LogP contribution in [0.15, 0.2) is 35.3 Å². The van der Waals surface area contributed by atoms with Crippen LogP contribution in [-0.2, 0) is 11.0 Å². The normalized spacial score (nSPS) is 21.6. The van der Waals surface area contributed by atoms with Crippen LogP contribution in [0.4, 0.5) is 13.2 Å². The Bertz CT molecular complexity index is 1260. The van der Waals surface area contributed by atoms with Gasteiger partial charge in [-0.1, -0.05) is 11.6 Å². The monoisotopic (exact) mass is 496 g/mol. The Balaban J connectivity index is 1.48. The van der Waals surface area contributed by atoms with Crippen LogP contribution in [0, 0.1) is 0 Å². The number of aliphatic hydroxyl groups excluding tert-OH is 1. The molecule has 0 aromatic carbocycles. The van der Waals surface area contributed by atoms with Crippen molar-refractivity contribution < 1.29 is 32.3 Å². The average molecular weight is 497 g/mol. The minimum atomic E-state index is -4.74. The molecule has 2 atom stereocenters. The van der Waals surface area contributed by atoms with Gasteiger partial charge in [0.2, 0.25) is 5.91 Å². The van der Waals surface area contributed by atoms with Gasteiger partial charge in [-0.25, -0.2) is 4.98 Å². The number of pyridine rings is 1. The fraction of sp³-hybridized carbons (Fsp3) is 0.409. The van der Waals surface area contributed by atoms with Gasteiger partial charge in [0.15, 0.2) is 11.3 Å². The SMILES string of the molecule is O=C(c1nc2c(C(F)(F)F)cc(-c3ccoc3)cn2c1Cl)N1CCC(N2CCCC2=O)[C@H](O)C1. The number of amides is 2. The van der Waals surface area contributed by atoms with Crippen molar-refractivity contribution >= 4 is 29.1 Å². The first-order valence-electron chi connectivity index (χ1n) is 10.7. The van der Waals surface area contributed by atoms with Gasteiger partial charge in [-0.2, -0.15) is 13.2 Å². The summed E-state index contributed by atoms with van der Waals surface area (Å²) in [5.41, 5.74) is -1.27. The minimum Gasteiger partial charge on any atom is -0.472 e. The zero-order chi connectivity index (χ0) is 24.2. The molecule has 12 heteroatoms. The molecule has 2 fully saturated rings. The highest BCUT2D eigenvalue weighted by molar-refractivity contribution is 6.33. The molecular formula is C22H20ClF3N4O4. The third-order valence-electron chi connectivity index (χ3n) is 6.37. The molecule has 0 aliphatic carbocycles. The Hall–Kier alpha value is -3.05. The molecule has 180 valence electrons. The summed E-state index contributed by atoms with van der Waals surface area (Å²) in [6.45, 7) is 0.691. The largest absolute Gasteiger partial charge is 0.472 e. The summed E-state index contributed by atoms with van der Waals surface area (Å²) in [5.74, 6) is -0.711. The minimum absolute atomic E-state index is 0.0275. The first-order chi connectivity index (χ1) is 16.1. The lowest BCUT2D eigenvalue weighted by Gasteiger charge is -2.40. The lowest BCUT2D eigenvalue weighted by Crippen LogP contribution is -2.55. The van der Waals surface area contributed by atoms with E-state index in [-0.39, 0.29) is 35.4 Å². The number of piperidine rings is 1. The van der Waals surface area contributed by atoms with E-state index in [4.69, 9.17) is 16.0 Å². The number of aromatic nitrogens is 2. The number of halogens is 4. The topological polar surface area (TPSA) is 91.3 Å². The zero-order valence-corrected chi connectivity index (χ0v) is 18.5. The number of nitrogens with zero attached hydrogens (tertiary/aromatic N) is 4. The van der Waals surface area contributed by atoms with E-state index in [0.29, 0.717) is 24.9 Å². The van der Waals surface area contributed by atoms with Crippen molar-refractivity contribution in [2.24, 2.45) is 0 Å². The van der Waals surface area contributed by atoms with Crippen molar-refractivity contribution in [1.82, 2.24) is 19.2 Å². The van der Waals surface area contributed by atoms with Gasteiger partial charge in [-0.05, 0) is 25.0 Å². The van der Waals surface area contributed by atoms with Crippen LogP contribution in [0.3, 0.4) is 0 Å². The van der Waals surface area contributed by atoms with Crippen LogP contribution in [0.1, 0.15) is 35.3 Å². The van der Waals surface area contributed by atoms with Crippen LogP contribution in [0.5, 0.6) is 0 Å². The van der Waals surface area contributed by atoms with Gasteiger partial charge in [0.25, 0.3) is 5.91 Å². The van der Waals surface area contributed by atoms with Gasteiger partial charge in [0, 0.05) is 43.4 Å². The summed E-state index contributed by atoms with van der Waals surface area (Å²) in [6, 6.07) is 2.04. The number of rotatable bonds is 3. The van der Waals surface area contributed by atoms with Crippen molar-refractivity contribution in [3.05, 3.63) is 47.3 Å². The number of aliphatic hydroxyl groups is 1. The fourth-order valence-corrected chi connectivity index (χ4v) is 4.94. The van der Waals surface area contributed by atoms with E-state index in [1.165, 1.54) is 29.7 Å². The molecule has 5 rings (SSSR count). The van der Waals surface area contributed by atoms with Gasteiger partial charge in [-0.15, -0.1) is 0 Å². The van der Waals surface area contributed by atoms with E-state index in [9.17, 15) is 27.9 Å². The molecule has 0 spiro atoms. The Kier molecular flexibility index (Phi) is 5.56. The van der Waals surface area contributed by atoms with Gasteiger partial charge < -0.3 is 19.3 Å². The molecular weight excluding hydrogens is 477 g/mol. The molecule has 3 aromatic rings. The lowest BCUT2D eigenvalue weighted by atomic mass is 10.00. The Morgan fingerprint density at radius 3 is 2.68 bits per heavy atom. The number of alkyl halides is 3. The number of imidazole rings is 1. The molecule has 8 nitrogen and oxygen atoms in total. The molecule has 34 heavy (non-hydrogen) atoms. The number of fused-ring (bicyclic) bond motifs is 1. The van der Waals surface area contributed by atoms with Crippen LogP contribution >= 0.6 is 11.6 Å². The van der Waals surface area contributed by atoms with Gasteiger partial charge in [0.1, 0.15) is 5.15 Å². The summed E-state index contributed by atoms with van der Waals surface area (Å²) in [7, 11) is 0. The van der Waals surface area contributed by atoms with Gasteiger partial charge in [0.05, 0.1) is 30.2 Å². The van der Waals surface area contributed by atoms with E-state index in [1.807, 2.05) is 0 Å². The fourth-order valence-electron chi connectivity index (χ4n) is 4.69. The summed E-state index contributed by atoms with van der Waals surface area (Å²) < 4.78 is 47.5. The molecule has 2 amide bonds. The molecule has 2 saturated heterocycles. The molecule has 2 aliphatic rings. The van der Waals surface area contributed by atoms with Gasteiger partial charge >= 0.3 is 6.18 Å². The molecule has 3 aromatic heterocycles. The standard InChI is InChI=1S/C22H20ClF3N4O4/c23-19-18(21(33)28-6-3-15(16(31)10-28)29-5-1-2-17(29)32)27-20-14(22(24,25)26)8-13(9-30(19)20)12-4-7-34-11-12/h4,7-9,11,15-16,31H,1-3,5-6,10H2/t15?,16-/m1/s1. The van der Waals surface area contributed by atoms with E-state index < -0.39 is 35.4 Å². The third kappa shape index (κ3) is 3.82. The maximum absolute atomic E-state index is 13.8. The van der Waals surface area contributed by atoms with Crippen LogP contribution in [0.25, 0.3) is 16.8 Å². The zero-order valence-electron chi connectivity index (χ0n) is 17.8. The maximum Gasteiger partial charge on any atom is 0.420 e. The second kappa shape index (κ2) is 8.31. The predicted octanol–water partition coefficient (Wildman–Crippen LogP) is 3.46. The first kappa shape index (κ1) is 22.7. The van der Waals surface area contributed by atoms with E-state index in [2.05, 4.69) is 4.98 Å². The third-order valence-corrected chi connectivity index (χ3v) is 6.73. The molecule has 5 heterocycles. The number of carbonyl (C=O) groups is 2. The highest BCUT2D eigenvalue weighted by Gasteiger charge is 2.40. The highest BCUT2D eigenvalue weighted by Crippen LogP contribution is 2.37. The molecule has 2 aliphatic heterocycles. The molecule has 1 unspecified atom stereocenters. The smallest absolute Gasteiger partial charge is 0.420 e. The number of β-amino-alcohol motifs (C(OH)–C–C–N with tert-alkyl or cyclic N) is 1. The van der Waals surface area contributed by atoms with Crippen LogP contribution in [0.2, 0.25) is 5.15 Å². The number of furan rings is 1. The highest BCUT2D eigenvalue weighted by atomic mass is 35.5. The molecule has 1 N–H and O–H groups in total. The van der Waals surface area contributed by atoms with Crippen molar-refractivity contribution in [3.63, 3.8) is 0 Å². The molecule has 0 bridgehead atoms. The van der Waals surface area contributed by atoms with Crippen molar-refractivity contribution in [2.75, 3.05) is 19.6 Å². The second-order valence-electron chi connectivity index (χ2n) is 8.46. The maximum atomic E-state index is 13.8. The number of carbonyl (C=O) groups excluding carboxylic acids is 2.